The molecule has 384 valence electrons. The lowest BCUT2D eigenvalue weighted by atomic mass is 9.74. The van der Waals surface area contributed by atoms with Crippen molar-refractivity contribution in [3.63, 3.8) is 0 Å². The molecule has 0 bridgehead atoms. The van der Waals surface area contributed by atoms with E-state index in [0.29, 0.717) is 92.2 Å². The number of unbranched alkanes of at least 4 members (excludes halogenated alkanes) is 2. The average Bonchev–Trinajstić information content (AvgIpc) is 3.89. The monoisotopic (exact) mass is 1020 g/mol. The van der Waals surface area contributed by atoms with Crippen LogP contribution >= 0.6 is 18.4 Å². The third kappa shape index (κ3) is 17.7. The number of ether oxygens (including phenoxy) is 7. The number of hydrogen-bond acceptors (Lipinski definition) is 13. The number of hydrogen-bond donors (Lipinski definition) is 3. The highest BCUT2D eigenvalue weighted by Crippen LogP contribution is 2.50. The first-order valence-corrected chi connectivity index (χ1v) is 28.0. The molecule has 0 saturated carbocycles. The third-order valence-corrected chi connectivity index (χ3v) is 16.0. The van der Waals surface area contributed by atoms with Crippen molar-refractivity contribution in [3.8, 4) is 11.5 Å². The van der Waals surface area contributed by atoms with Crippen LogP contribution in [-0.4, -0.2) is 146 Å². The van der Waals surface area contributed by atoms with Gasteiger partial charge in [0.05, 0.1) is 98.0 Å². The summed E-state index contributed by atoms with van der Waals surface area (Å²) in [6.07, 6.45) is 4.59. The molecule has 2 fully saturated rings. The molecule has 3 aromatic carbocycles. The molecule has 0 radical (unpaired) electrons. The first kappa shape index (κ1) is 56.6. The van der Waals surface area contributed by atoms with Gasteiger partial charge in [-0.05, 0) is 106 Å². The fourth-order valence-electron chi connectivity index (χ4n) is 8.52. The lowest BCUT2D eigenvalue weighted by molar-refractivity contribution is -0.121. The number of carbonyl (C=O) groups excluding carboxylic acids is 2. The molecule has 0 aromatic heterocycles. The van der Waals surface area contributed by atoms with Gasteiger partial charge < -0.3 is 57.7 Å². The molecule has 3 amide bonds. The minimum atomic E-state index is -2.76. The normalized spacial score (nSPS) is 17.9. The van der Waals surface area contributed by atoms with Crippen LogP contribution in [0.1, 0.15) is 82.9 Å². The molecule has 2 aliphatic heterocycles. The van der Waals surface area contributed by atoms with Gasteiger partial charge in [-0.25, -0.2) is 9.88 Å². The molecule has 15 nitrogen and oxygen atoms in total. The van der Waals surface area contributed by atoms with Crippen molar-refractivity contribution in [2.24, 2.45) is 0 Å². The van der Waals surface area contributed by atoms with E-state index in [0.717, 1.165) is 66.0 Å². The number of amides is 3. The van der Waals surface area contributed by atoms with Crippen LogP contribution in [0.15, 0.2) is 78.9 Å². The van der Waals surface area contributed by atoms with E-state index in [9.17, 15) is 9.59 Å². The highest BCUT2D eigenvalue weighted by atomic mass is 32.5. The van der Waals surface area contributed by atoms with Gasteiger partial charge in [-0.3, -0.25) is 4.79 Å². The number of rotatable bonds is 35. The minimum absolute atomic E-state index is 0.0445. The molecular weight excluding hydrogens is 940 g/mol. The van der Waals surface area contributed by atoms with E-state index in [2.05, 4.69) is 57.0 Å². The molecule has 2 heterocycles. The molecule has 2 aliphatic rings. The smallest absolute Gasteiger partial charge is 0.319 e. The number of nitrogens with one attached hydrogen (secondary N) is 3. The van der Waals surface area contributed by atoms with Crippen LogP contribution in [0.4, 0.5) is 4.79 Å². The van der Waals surface area contributed by atoms with Crippen molar-refractivity contribution in [3.05, 3.63) is 95.6 Å². The molecule has 3 N–H and O–H groups in total. The molecule has 2 saturated heterocycles. The Morgan fingerprint density at radius 3 is 1.78 bits per heavy atom. The summed E-state index contributed by atoms with van der Waals surface area (Å²) in [6, 6.07) is 26.0. The highest BCUT2D eigenvalue weighted by molar-refractivity contribution is 8.09. The maximum absolute atomic E-state index is 14.4. The fourth-order valence-corrected chi connectivity index (χ4v) is 13.0. The molecule has 0 spiro atoms. The highest BCUT2D eigenvalue weighted by Gasteiger charge is 2.57. The first-order chi connectivity index (χ1) is 33.4. The van der Waals surface area contributed by atoms with Gasteiger partial charge in [0.25, 0.3) is 6.64 Å². The molecule has 18 heteroatoms. The van der Waals surface area contributed by atoms with Crippen LogP contribution in [0.25, 0.3) is 0 Å². The van der Waals surface area contributed by atoms with Crippen molar-refractivity contribution in [1.29, 1.82) is 0 Å². The Kier molecular flexibility index (Phi) is 24.5. The predicted molar refractivity (Wildman–Crippen MR) is 276 cm³/mol. The Morgan fingerprint density at radius 1 is 0.725 bits per heavy atom. The summed E-state index contributed by atoms with van der Waals surface area (Å²) in [7, 11) is 3.31. The summed E-state index contributed by atoms with van der Waals surface area (Å²) in [5.41, 5.74) is 1.47. The number of thioether (sulfide) groups is 1. The second-order valence-corrected chi connectivity index (χ2v) is 22.2. The van der Waals surface area contributed by atoms with Gasteiger partial charge in [-0.1, -0.05) is 61.0 Å². The van der Waals surface area contributed by atoms with Crippen molar-refractivity contribution in [1.82, 2.24) is 20.6 Å². The van der Waals surface area contributed by atoms with E-state index in [1.165, 1.54) is 0 Å². The van der Waals surface area contributed by atoms with E-state index < -0.39 is 17.8 Å². The van der Waals surface area contributed by atoms with Crippen molar-refractivity contribution >= 4 is 42.1 Å². The van der Waals surface area contributed by atoms with Gasteiger partial charge in [0.15, 0.2) is 0 Å². The molecule has 4 atom stereocenters. The maximum Gasteiger partial charge on any atom is 0.319 e. The molecular formula is C51H77N4O11PS2. The molecule has 0 aliphatic carbocycles. The van der Waals surface area contributed by atoms with Crippen LogP contribution < -0.4 is 25.2 Å². The van der Waals surface area contributed by atoms with E-state index in [1.54, 1.807) is 14.2 Å². The zero-order valence-electron chi connectivity index (χ0n) is 41.6. The number of fused-ring (bicyclic) bond motifs is 1. The number of methoxy groups -OCH3 is 2. The lowest BCUT2D eigenvalue weighted by Crippen LogP contribution is -2.53. The number of carbonyl (C=O) groups is 2. The minimum Gasteiger partial charge on any atom is -0.497 e. The zero-order valence-corrected chi connectivity index (χ0v) is 44.1. The zero-order chi connectivity index (χ0) is 49.4. The lowest BCUT2D eigenvalue weighted by Gasteiger charge is -2.45. The summed E-state index contributed by atoms with van der Waals surface area (Å²) in [5.74, 6) is 2.30. The van der Waals surface area contributed by atoms with E-state index >= 15 is 0 Å². The Morgan fingerprint density at radius 2 is 1.25 bits per heavy atom. The van der Waals surface area contributed by atoms with Crippen molar-refractivity contribution in [2.75, 3.05) is 106 Å². The van der Waals surface area contributed by atoms with E-state index in [4.69, 9.17) is 54.0 Å². The SMILES string of the molecule is CCOCCOCCOCCOCCOCCOP(=S)(NCCCCCNC(=O)CCCC1SCC2C1NC(=O)N2C(c1ccccc1)(c1ccc(OC)cc1)c1ccc(OC)cc1)OC(C)(C)C. The summed E-state index contributed by atoms with van der Waals surface area (Å²) < 4.78 is 50.8. The fraction of sp³-hybridized carbons (Fsp3) is 0.608. The number of nitrogens with zero attached hydrogens (tertiary/aromatic N) is 1. The van der Waals surface area contributed by atoms with E-state index in [1.807, 2.05) is 81.9 Å². The topological polar surface area (TPSA) is 157 Å². The summed E-state index contributed by atoms with van der Waals surface area (Å²) in [4.78, 5) is 29.5. The Balaban J connectivity index is 1.00. The average molecular weight is 1020 g/mol. The quantitative estimate of drug-likeness (QED) is 0.0225. The number of urea groups is 1. The van der Waals surface area contributed by atoms with Gasteiger partial charge in [0.1, 0.15) is 17.0 Å². The van der Waals surface area contributed by atoms with E-state index in [-0.39, 0.29) is 29.3 Å². The summed E-state index contributed by atoms with van der Waals surface area (Å²) in [6.45, 7) is 11.8. The van der Waals surface area contributed by atoms with Crippen molar-refractivity contribution in [2.45, 2.75) is 94.7 Å². The second-order valence-electron chi connectivity index (χ2n) is 17.7. The summed E-state index contributed by atoms with van der Waals surface area (Å²) >= 11 is 7.73. The third-order valence-electron chi connectivity index (χ3n) is 11.7. The van der Waals surface area contributed by atoms with Gasteiger partial charge >= 0.3 is 6.03 Å². The van der Waals surface area contributed by atoms with Crippen LogP contribution in [0.5, 0.6) is 11.5 Å². The largest absolute Gasteiger partial charge is 0.497 e. The second kappa shape index (κ2) is 29.9. The van der Waals surface area contributed by atoms with Gasteiger partial charge in [-0.2, -0.15) is 11.8 Å². The standard InChI is InChI=1S/C51H77N4O11PS2/c1-7-60-29-30-61-31-32-62-33-34-63-35-36-64-37-38-65-67(68,66-50(2,3)4)53-28-13-9-12-27-52-47(56)18-14-17-46-48-45(39-69-46)55(49(57)54-48)51(40-15-10-8-11-16-40,41-19-23-43(58-5)24-20-41)42-21-25-44(59-6)26-22-42/h8,10-11,15-16,19-26,45-46,48H,7,9,12-14,17-18,27-39H2,1-6H3,(H,52,56)(H,53,68)(H,54,57). The van der Waals surface area contributed by atoms with Crippen LogP contribution in [0.3, 0.4) is 0 Å². The number of benzene rings is 3. The Labute approximate surface area is 420 Å². The van der Waals surface area contributed by atoms with Gasteiger partial charge in [0.2, 0.25) is 5.91 Å². The van der Waals surface area contributed by atoms with Crippen LogP contribution in [0.2, 0.25) is 0 Å². The van der Waals surface area contributed by atoms with Crippen molar-refractivity contribution < 1.29 is 51.8 Å². The predicted octanol–water partition coefficient (Wildman–Crippen LogP) is 8.08. The molecule has 3 aromatic rings. The van der Waals surface area contributed by atoms with Crippen LogP contribution in [-0.2, 0) is 54.9 Å². The Hall–Kier alpha value is -3.32. The van der Waals surface area contributed by atoms with Gasteiger partial charge in [-0.15, -0.1) is 0 Å². The molecule has 4 unspecified atom stereocenters. The van der Waals surface area contributed by atoms with Gasteiger partial charge in [0, 0.05) is 37.1 Å². The molecule has 69 heavy (non-hydrogen) atoms. The van der Waals surface area contributed by atoms with Crippen LogP contribution in [0, 0.1) is 0 Å². The summed E-state index contributed by atoms with van der Waals surface area (Å²) in [5, 5.41) is 10.0. The first-order valence-electron chi connectivity index (χ1n) is 24.4. The Bertz CT molecular complexity index is 1930. The maximum atomic E-state index is 14.4. The molecule has 5 rings (SSSR count).